The van der Waals surface area contributed by atoms with E-state index in [1.165, 1.54) is 12.1 Å². The summed E-state index contributed by atoms with van der Waals surface area (Å²) in [5.74, 6) is -1.11. The lowest BCUT2D eigenvalue weighted by Crippen LogP contribution is -2.27. The number of hydrogen-bond acceptors (Lipinski definition) is 5. The first kappa shape index (κ1) is 23.5. The normalized spacial score (nSPS) is 14.8. The van der Waals surface area contributed by atoms with E-state index in [2.05, 4.69) is 0 Å². The van der Waals surface area contributed by atoms with Crippen LogP contribution >= 0.6 is 11.8 Å². The topological polar surface area (TPSA) is 68.6 Å². The lowest BCUT2D eigenvalue weighted by Gasteiger charge is -2.12. The van der Waals surface area contributed by atoms with Crippen molar-refractivity contribution in [3.8, 4) is 5.69 Å². The number of rotatable bonds is 6. The third-order valence-electron chi connectivity index (χ3n) is 5.52. The van der Waals surface area contributed by atoms with E-state index in [9.17, 15) is 18.8 Å². The van der Waals surface area contributed by atoms with Crippen LogP contribution in [0.15, 0.2) is 59.5 Å². The van der Waals surface area contributed by atoms with Gasteiger partial charge in [-0.1, -0.05) is 12.1 Å². The number of carbonyl (C=O) groups excluding carboxylic acids is 3. The van der Waals surface area contributed by atoms with Crippen molar-refractivity contribution in [3.63, 3.8) is 0 Å². The molecule has 1 fully saturated rings. The summed E-state index contributed by atoms with van der Waals surface area (Å²) in [5.41, 5.74) is 4.67. The molecule has 8 heteroatoms. The number of imide groups is 1. The number of esters is 1. The van der Waals surface area contributed by atoms with E-state index in [-0.39, 0.29) is 29.5 Å². The molecule has 4 rings (SSSR count). The molecule has 0 N–H and O–H groups in total. The molecule has 0 spiro atoms. The summed E-state index contributed by atoms with van der Waals surface area (Å²) in [6.45, 7) is 6.05. The minimum atomic E-state index is -0.372. The summed E-state index contributed by atoms with van der Waals surface area (Å²) >= 11 is 0.892. The van der Waals surface area contributed by atoms with Gasteiger partial charge in [0.05, 0.1) is 23.6 Å². The lowest BCUT2D eigenvalue weighted by atomic mass is 10.2. The van der Waals surface area contributed by atoms with Crippen LogP contribution in [-0.4, -0.2) is 33.2 Å². The fourth-order valence-electron chi connectivity index (χ4n) is 3.84. The van der Waals surface area contributed by atoms with Gasteiger partial charge in [0.2, 0.25) is 0 Å². The maximum atomic E-state index is 13.2. The lowest BCUT2D eigenvalue weighted by molar-refractivity contribution is -0.123. The van der Waals surface area contributed by atoms with Gasteiger partial charge in [0, 0.05) is 17.1 Å². The zero-order chi connectivity index (χ0) is 24.4. The molecule has 0 bridgehead atoms. The van der Waals surface area contributed by atoms with Crippen molar-refractivity contribution >= 4 is 35.0 Å². The van der Waals surface area contributed by atoms with E-state index < -0.39 is 0 Å². The minimum absolute atomic E-state index is 0.0914. The van der Waals surface area contributed by atoms with E-state index in [0.29, 0.717) is 22.6 Å². The Bertz CT molecular complexity index is 1290. The second-order valence-electron chi connectivity index (χ2n) is 7.82. The van der Waals surface area contributed by atoms with Crippen molar-refractivity contribution in [2.24, 2.45) is 0 Å². The van der Waals surface area contributed by atoms with Crippen molar-refractivity contribution in [1.82, 2.24) is 9.47 Å². The number of ether oxygens (including phenoxy) is 1. The Morgan fingerprint density at radius 2 is 1.74 bits per heavy atom. The van der Waals surface area contributed by atoms with Crippen LogP contribution in [0, 0.1) is 19.7 Å². The van der Waals surface area contributed by atoms with Crippen molar-refractivity contribution < 1.29 is 23.5 Å². The quantitative estimate of drug-likeness (QED) is 0.338. The van der Waals surface area contributed by atoms with E-state index in [1.54, 1.807) is 37.3 Å². The van der Waals surface area contributed by atoms with E-state index in [4.69, 9.17) is 4.74 Å². The third-order valence-corrected chi connectivity index (χ3v) is 6.43. The molecule has 34 heavy (non-hydrogen) atoms. The Morgan fingerprint density at radius 1 is 1.06 bits per heavy atom. The summed E-state index contributed by atoms with van der Waals surface area (Å²) in [6, 6.07) is 14.8. The Morgan fingerprint density at radius 3 is 2.38 bits per heavy atom. The number of aromatic nitrogens is 1. The van der Waals surface area contributed by atoms with Gasteiger partial charge in [-0.2, -0.15) is 0 Å². The van der Waals surface area contributed by atoms with Crippen molar-refractivity contribution in [2.45, 2.75) is 27.3 Å². The fraction of sp³-hybridized carbons (Fsp3) is 0.192. The highest BCUT2D eigenvalue weighted by molar-refractivity contribution is 8.18. The molecule has 0 radical (unpaired) electrons. The number of aryl methyl sites for hydroxylation is 1. The molecule has 2 heterocycles. The molecule has 3 aromatic rings. The van der Waals surface area contributed by atoms with Crippen molar-refractivity contribution in [3.05, 3.63) is 93.4 Å². The number of nitrogens with zero attached hydrogens (tertiary/aromatic N) is 2. The van der Waals surface area contributed by atoms with Gasteiger partial charge in [-0.05, 0) is 92.2 Å². The molecule has 2 amide bonds. The highest BCUT2D eigenvalue weighted by Gasteiger charge is 2.35. The van der Waals surface area contributed by atoms with Crippen LogP contribution in [0.25, 0.3) is 11.8 Å². The SMILES string of the molecule is CCOC(=O)c1ccc(-n2c(C)cc(/C=C3/SC(=O)N(Cc4ccc(F)cc4)C3=O)c2C)cc1. The Balaban J connectivity index is 1.57. The zero-order valence-electron chi connectivity index (χ0n) is 19.0. The molecular weight excluding hydrogens is 455 g/mol. The smallest absolute Gasteiger partial charge is 0.338 e. The third kappa shape index (κ3) is 4.68. The molecule has 0 saturated carbocycles. The van der Waals surface area contributed by atoms with Gasteiger partial charge in [0.1, 0.15) is 5.82 Å². The standard InChI is InChI=1S/C26H23FN2O4S/c1-4-33-25(31)19-7-11-22(12-8-19)29-16(2)13-20(17(29)3)14-23-24(30)28(26(32)34-23)15-18-5-9-21(27)10-6-18/h5-14H,4,15H2,1-3H3/b23-14+. The number of thioether (sulfide) groups is 1. The van der Waals surface area contributed by atoms with Gasteiger partial charge in [-0.25, -0.2) is 9.18 Å². The number of carbonyl (C=O) groups is 3. The second kappa shape index (κ2) is 9.69. The van der Waals surface area contributed by atoms with Crippen LogP contribution in [-0.2, 0) is 16.1 Å². The van der Waals surface area contributed by atoms with Crippen molar-refractivity contribution in [2.75, 3.05) is 6.61 Å². The molecule has 1 aromatic heterocycles. The molecular formula is C26H23FN2O4S. The molecule has 2 aromatic carbocycles. The predicted molar refractivity (Wildman–Crippen MR) is 129 cm³/mol. The summed E-state index contributed by atoms with van der Waals surface area (Å²) in [4.78, 5) is 38.8. The van der Waals surface area contributed by atoms with Gasteiger partial charge in [0.15, 0.2) is 0 Å². The monoisotopic (exact) mass is 478 g/mol. The predicted octanol–water partition coefficient (Wildman–Crippen LogP) is 5.65. The minimum Gasteiger partial charge on any atom is -0.462 e. The largest absolute Gasteiger partial charge is 0.462 e. The molecule has 0 aliphatic carbocycles. The zero-order valence-corrected chi connectivity index (χ0v) is 19.8. The number of hydrogen-bond donors (Lipinski definition) is 0. The van der Waals surface area contributed by atoms with Crippen molar-refractivity contribution in [1.29, 1.82) is 0 Å². The molecule has 0 atom stereocenters. The molecule has 174 valence electrons. The first-order valence-electron chi connectivity index (χ1n) is 10.7. The van der Waals surface area contributed by atoms with Crippen LogP contribution in [0.4, 0.5) is 9.18 Å². The van der Waals surface area contributed by atoms with Gasteiger partial charge in [-0.15, -0.1) is 0 Å². The summed E-state index contributed by atoms with van der Waals surface area (Å²) in [5, 5.41) is -0.357. The second-order valence-corrected chi connectivity index (χ2v) is 8.82. The Labute approximate surface area is 201 Å². The van der Waals surface area contributed by atoms with Gasteiger partial charge >= 0.3 is 5.97 Å². The summed E-state index contributed by atoms with van der Waals surface area (Å²) in [6.07, 6.45) is 1.72. The van der Waals surface area contributed by atoms with E-state index >= 15 is 0 Å². The maximum absolute atomic E-state index is 13.2. The van der Waals surface area contributed by atoms with Crippen LogP contribution in [0.5, 0.6) is 0 Å². The van der Waals surface area contributed by atoms with E-state index in [0.717, 1.165) is 39.3 Å². The first-order chi connectivity index (χ1) is 16.3. The van der Waals surface area contributed by atoms with Crippen LogP contribution in [0.1, 0.15) is 39.8 Å². The van der Waals surface area contributed by atoms with Gasteiger partial charge in [0.25, 0.3) is 11.1 Å². The van der Waals surface area contributed by atoms with Crippen LogP contribution < -0.4 is 0 Å². The van der Waals surface area contributed by atoms with Gasteiger partial charge in [-0.3, -0.25) is 14.5 Å². The number of benzene rings is 2. The Kier molecular flexibility index (Phi) is 6.70. The number of amides is 2. The summed E-state index contributed by atoms with van der Waals surface area (Å²) in [7, 11) is 0. The highest BCUT2D eigenvalue weighted by atomic mass is 32.2. The molecule has 1 aliphatic heterocycles. The average Bonchev–Trinajstić information content (AvgIpc) is 3.24. The average molecular weight is 479 g/mol. The Hall–Kier alpha value is -3.65. The number of halogens is 1. The van der Waals surface area contributed by atoms with E-state index in [1.807, 2.05) is 36.6 Å². The maximum Gasteiger partial charge on any atom is 0.338 e. The van der Waals surface area contributed by atoms with Gasteiger partial charge < -0.3 is 9.30 Å². The molecule has 1 aliphatic rings. The molecule has 0 unspecified atom stereocenters. The molecule has 1 saturated heterocycles. The highest BCUT2D eigenvalue weighted by Crippen LogP contribution is 2.34. The van der Waals surface area contributed by atoms with Crippen LogP contribution in [0.3, 0.4) is 0 Å². The fourth-order valence-corrected chi connectivity index (χ4v) is 4.67. The first-order valence-corrected chi connectivity index (χ1v) is 11.6. The molecule has 6 nitrogen and oxygen atoms in total. The van der Waals surface area contributed by atoms with Crippen LogP contribution in [0.2, 0.25) is 0 Å². The summed E-state index contributed by atoms with van der Waals surface area (Å²) < 4.78 is 20.2.